The minimum Gasteiger partial charge on any atom is -0.449 e. The van der Waals surface area contributed by atoms with Crippen LogP contribution in [0.2, 0.25) is 0 Å². The lowest BCUT2D eigenvalue weighted by Crippen LogP contribution is -2.51. The zero-order chi connectivity index (χ0) is 19.0. The van der Waals surface area contributed by atoms with Gasteiger partial charge in [-0.3, -0.25) is 10.1 Å². The number of amides is 2. The highest BCUT2D eigenvalue weighted by Gasteiger charge is 2.54. The maximum absolute atomic E-state index is 13.2. The molecule has 0 atom stereocenters. The third-order valence-electron chi connectivity index (χ3n) is 6.43. The second kappa shape index (κ2) is 7.17. The van der Waals surface area contributed by atoms with Gasteiger partial charge in [0.15, 0.2) is 0 Å². The van der Waals surface area contributed by atoms with E-state index >= 15 is 0 Å². The predicted molar refractivity (Wildman–Crippen MR) is 105 cm³/mol. The Labute approximate surface area is 161 Å². The van der Waals surface area contributed by atoms with Gasteiger partial charge in [-0.1, -0.05) is 19.9 Å². The van der Waals surface area contributed by atoms with E-state index in [0.717, 1.165) is 42.7 Å². The topological polar surface area (TPSA) is 67.4 Å². The fraction of sp³-hybridized carbons (Fsp3) is 0.636. The van der Waals surface area contributed by atoms with E-state index < -0.39 is 6.09 Å². The maximum atomic E-state index is 13.2. The van der Waals surface area contributed by atoms with Crippen LogP contribution in [0.15, 0.2) is 24.3 Å². The SMILES string of the molecule is CC(C)COC(=O)Nc1cccc(NC(=O)C23CC4CC(CC(C4)C2)C3)c1. The molecule has 4 fully saturated rings. The van der Waals surface area contributed by atoms with Crippen LogP contribution < -0.4 is 10.6 Å². The van der Waals surface area contributed by atoms with Gasteiger partial charge in [0.1, 0.15) is 0 Å². The lowest BCUT2D eigenvalue weighted by Gasteiger charge is -2.55. The van der Waals surface area contributed by atoms with Crippen LogP contribution in [-0.2, 0) is 9.53 Å². The van der Waals surface area contributed by atoms with E-state index in [-0.39, 0.29) is 11.3 Å². The summed E-state index contributed by atoms with van der Waals surface area (Å²) in [6.45, 7) is 4.37. The molecule has 4 saturated carbocycles. The smallest absolute Gasteiger partial charge is 0.411 e. The molecule has 2 N–H and O–H groups in total. The van der Waals surface area contributed by atoms with Gasteiger partial charge in [-0.05, 0) is 80.4 Å². The first-order valence-corrected chi connectivity index (χ1v) is 10.3. The van der Waals surface area contributed by atoms with E-state index in [2.05, 4.69) is 10.6 Å². The van der Waals surface area contributed by atoms with Crippen molar-refractivity contribution in [2.24, 2.45) is 29.1 Å². The number of carbonyl (C=O) groups is 2. The number of anilines is 2. The standard InChI is InChI=1S/C22H30N2O3/c1-14(2)13-27-21(26)24-19-5-3-4-18(9-19)23-20(25)22-10-15-6-16(11-22)8-17(7-15)12-22/h3-5,9,14-17H,6-8,10-13H2,1-2H3,(H,23,25)(H,24,26). The molecule has 27 heavy (non-hydrogen) atoms. The lowest BCUT2D eigenvalue weighted by molar-refractivity contribution is -0.140. The summed E-state index contributed by atoms with van der Waals surface area (Å²) >= 11 is 0. The number of benzene rings is 1. The van der Waals surface area contributed by atoms with Crippen LogP contribution in [0.3, 0.4) is 0 Å². The average molecular weight is 370 g/mol. The summed E-state index contributed by atoms with van der Waals surface area (Å²) in [6, 6.07) is 7.32. The fourth-order valence-electron chi connectivity index (χ4n) is 5.72. The molecule has 146 valence electrons. The van der Waals surface area contributed by atoms with Crippen LogP contribution in [0.4, 0.5) is 16.2 Å². The molecule has 4 aliphatic carbocycles. The molecule has 0 saturated heterocycles. The first-order chi connectivity index (χ1) is 12.9. The van der Waals surface area contributed by atoms with Gasteiger partial charge in [0.05, 0.1) is 12.0 Å². The molecule has 5 rings (SSSR count). The monoisotopic (exact) mass is 370 g/mol. The van der Waals surface area contributed by atoms with E-state index in [0.29, 0.717) is 18.2 Å². The number of hydrogen-bond acceptors (Lipinski definition) is 3. The number of rotatable bonds is 5. The molecule has 0 spiro atoms. The van der Waals surface area contributed by atoms with Crippen molar-refractivity contribution in [3.8, 4) is 0 Å². The fourth-order valence-corrected chi connectivity index (χ4v) is 5.72. The first-order valence-electron chi connectivity index (χ1n) is 10.3. The average Bonchev–Trinajstić information content (AvgIpc) is 2.59. The number of ether oxygens (including phenoxy) is 1. The van der Waals surface area contributed by atoms with Crippen molar-refractivity contribution < 1.29 is 14.3 Å². The Hall–Kier alpha value is -2.04. The van der Waals surface area contributed by atoms with Crippen LogP contribution in [0.5, 0.6) is 0 Å². The first kappa shape index (κ1) is 18.3. The maximum Gasteiger partial charge on any atom is 0.411 e. The Balaban J connectivity index is 1.40. The lowest BCUT2D eigenvalue weighted by atomic mass is 9.49. The Kier molecular flexibility index (Phi) is 4.87. The van der Waals surface area contributed by atoms with Gasteiger partial charge in [0.25, 0.3) is 0 Å². The Morgan fingerprint density at radius 2 is 1.59 bits per heavy atom. The van der Waals surface area contributed by atoms with Gasteiger partial charge in [-0.25, -0.2) is 4.79 Å². The van der Waals surface area contributed by atoms with Crippen molar-refractivity contribution in [3.63, 3.8) is 0 Å². The Morgan fingerprint density at radius 1 is 1.04 bits per heavy atom. The van der Waals surface area contributed by atoms with Gasteiger partial charge >= 0.3 is 6.09 Å². The van der Waals surface area contributed by atoms with Crippen molar-refractivity contribution in [2.75, 3.05) is 17.2 Å². The zero-order valence-corrected chi connectivity index (χ0v) is 16.3. The van der Waals surface area contributed by atoms with Crippen molar-refractivity contribution >= 4 is 23.4 Å². The second-order valence-corrected chi connectivity index (χ2v) is 9.35. The third kappa shape index (κ3) is 3.97. The van der Waals surface area contributed by atoms with E-state index in [1.165, 1.54) is 19.3 Å². The highest BCUT2D eigenvalue weighted by Crippen LogP contribution is 2.60. The van der Waals surface area contributed by atoms with Crippen LogP contribution in [-0.4, -0.2) is 18.6 Å². The number of nitrogens with one attached hydrogen (secondary N) is 2. The molecule has 5 nitrogen and oxygen atoms in total. The molecule has 1 aromatic rings. The van der Waals surface area contributed by atoms with Crippen LogP contribution in [0.25, 0.3) is 0 Å². The highest BCUT2D eigenvalue weighted by molar-refractivity contribution is 5.96. The van der Waals surface area contributed by atoms with Crippen LogP contribution >= 0.6 is 0 Å². The Bertz CT molecular complexity index is 693. The van der Waals surface area contributed by atoms with Gasteiger partial charge in [-0.2, -0.15) is 0 Å². The summed E-state index contributed by atoms with van der Waals surface area (Å²) < 4.78 is 5.16. The minimum atomic E-state index is -0.465. The molecule has 0 unspecified atom stereocenters. The normalized spacial score (nSPS) is 31.0. The van der Waals surface area contributed by atoms with Gasteiger partial charge < -0.3 is 10.1 Å². The van der Waals surface area contributed by atoms with Crippen LogP contribution in [0.1, 0.15) is 52.4 Å². The summed E-state index contributed by atoms with van der Waals surface area (Å²) in [5.41, 5.74) is 1.19. The van der Waals surface area contributed by atoms with Crippen molar-refractivity contribution in [1.29, 1.82) is 0 Å². The van der Waals surface area contributed by atoms with Crippen molar-refractivity contribution in [1.82, 2.24) is 0 Å². The second-order valence-electron chi connectivity index (χ2n) is 9.35. The number of carbonyl (C=O) groups excluding carboxylic acids is 2. The minimum absolute atomic E-state index is 0.168. The molecule has 4 aliphatic rings. The Morgan fingerprint density at radius 3 is 2.15 bits per heavy atom. The molecular weight excluding hydrogens is 340 g/mol. The molecule has 1 aromatic carbocycles. The number of hydrogen-bond donors (Lipinski definition) is 2. The molecule has 2 amide bonds. The molecule has 4 bridgehead atoms. The van der Waals surface area contributed by atoms with E-state index in [9.17, 15) is 9.59 Å². The quantitative estimate of drug-likeness (QED) is 0.762. The summed E-state index contributed by atoms with van der Waals surface area (Å²) in [5, 5.41) is 5.87. The molecule has 0 aliphatic heterocycles. The predicted octanol–water partition coefficient (Wildman–Crippen LogP) is 5.05. The summed E-state index contributed by atoms with van der Waals surface area (Å²) in [5.74, 6) is 2.69. The van der Waals surface area contributed by atoms with Crippen molar-refractivity contribution in [2.45, 2.75) is 52.4 Å². The molecule has 5 heteroatoms. The molecule has 0 heterocycles. The summed E-state index contributed by atoms with van der Waals surface area (Å²) in [6.07, 6.45) is 6.64. The zero-order valence-electron chi connectivity index (χ0n) is 16.3. The highest BCUT2D eigenvalue weighted by atomic mass is 16.5. The van der Waals surface area contributed by atoms with E-state index in [1.807, 2.05) is 26.0 Å². The van der Waals surface area contributed by atoms with E-state index in [1.54, 1.807) is 12.1 Å². The summed E-state index contributed by atoms with van der Waals surface area (Å²) in [7, 11) is 0. The van der Waals surface area contributed by atoms with Gasteiger partial charge in [-0.15, -0.1) is 0 Å². The van der Waals surface area contributed by atoms with Crippen molar-refractivity contribution in [3.05, 3.63) is 24.3 Å². The molecule has 0 aromatic heterocycles. The molecular formula is C22H30N2O3. The molecule has 0 radical (unpaired) electrons. The largest absolute Gasteiger partial charge is 0.449 e. The summed E-state index contributed by atoms with van der Waals surface area (Å²) in [4.78, 5) is 25.0. The third-order valence-corrected chi connectivity index (χ3v) is 6.43. The van der Waals surface area contributed by atoms with Gasteiger partial charge in [0, 0.05) is 11.4 Å². The van der Waals surface area contributed by atoms with E-state index in [4.69, 9.17) is 4.74 Å². The van der Waals surface area contributed by atoms with Crippen LogP contribution in [0, 0.1) is 29.1 Å². The van der Waals surface area contributed by atoms with Gasteiger partial charge in [0.2, 0.25) is 5.91 Å².